The Hall–Kier alpha value is -2.77. The highest BCUT2D eigenvalue weighted by molar-refractivity contribution is 7.83. The van der Waals surface area contributed by atoms with Crippen LogP contribution in [0.4, 0.5) is 0 Å². The van der Waals surface area contributed by atoms with Gasteiger partial charge in [-0.25, -0.2) is 0 Å². The highest BCUT2D eigenvalue weighted by atomic mass is 32.1. The molecule has 0 bridgehead atoms. The number of hydrogen-bond donors (Lipinski definition) is 1. The largest absolute Gasteiger partial charge is 0.151 e. The molecule has 0 radical (unpaired) electrons. The van der Waals surface area contributed by atoms with Gasteiger partial charge in [-0.3, -0.25) is 0 Å². The van der Waals surface area contributed by atoms with E-state index in [2.05, 4.69) is 106 Å². The van der Waals surface area contributed by atoms with Crippen LogP contribution < -0.4 is 0 Å². The molecule has 0 nitrogen and oxygen atoms in total. The van der Waals surface area contributed by atoms with Crippen molar-refractivity contribution in [2.75, 3.05) is 0 Å². The van der Waals surface area contributed by atoms with E-state index in [-0.39, 0.29) is 0 Å². The number of aryl methyl sites for hydroxylation is 2. The predicted molar refractivity (Wildman–Crippen MR) is 134 cm³/mol. The normalized spacial score (nSPS) is 11.1. The lowest BCUT2D eigenvalue weighted by molar-refractivity contribution is 1.44. The van der Waals surface area contributed by atoms with Crippen LogP contribution in [-0.4, -0.2) is 0 Å². The Morgan fingerprint density at radius 1 is 0.828 bits per heavy atom. The standard InChI is InChI=1S/C26H24S.C2H6/c1-19-8-7-11-23(16-19)21(3)17-25(14-15-27)24-13-12-20(2)26(18-24)22-9-5-4-6-10-22;1-2/h4-18,27H,3H2,1-2H3;1-2H3/b15-14-,25-17+;. The summed E-state index contributed by atoms with van der Waals surface area (Å²) in [6.45, 7) is 12.5. The molecule has 1 heteroatoms. The van der Waals surface area contributed by atoms with Gasteiger partial charge in [0, 0.05) is 0 Å². The molecule has 0 amide bonds. The van der Waals surface area contributed by atoms with Crippen molar-refractivity contribution in [2.45, 2.75) is 27.7 Å². The van der Waals surface area contributed by atoms with Crippen LogP contribution in [0.15, 0.2) is 96.9 Å². The van der Waals surface area contributed by atoms with Gasteiger partial charge in [0.15, 0.2) is 0 Å². The van der Waals surface area contributed by atoms with E-state index in [9.17, 15) is 0 Å². The zero-order chi connectivity index (χ0) is 21.2. The minimum Gasteiger partial charge on any atom is -0.151 e. The first kappa shape index (κ1) is 22.5. The molecule has 0 atom stereocenters. The Labute approximate surface area is 181 Å². The Morgan fingerprint density at radius 3 is 2.21 bits per heavy atom. The maximum atomic E-state index is 4.30. The molecular formula is C28H30S. The van der Waals surface area contributed by atoms with E-state index in [4.69, 9.17) is 0 Å². The van der Waals surface area contributed by atoms with Gasteiger partial charge in [-0.05, 0) is 76.4 Å². The van der Waals surface area contributed by atoms with E-state index in [1.807, 2.05) is 26.0 Å². The third-order valence-corrected chi connectivity index (χ3v) is 4.78. The summed E-state index contributed by atoms with van der Waals surface area (Å²) >= 11 is 4.30. The number of rotatable bonds is 5. The zero-order valence-corrected chi connectivity index (χ0v) is 18.7. The second-order valence-electron chi connectivity index (χ2n) is 6.71. The molecule has 0 unspecified atom stereocenters. The maximum absolute atomic E-state index is 4.30. The maximum Gasteiger partial charge on any atom is -0.0149 e. The zero-order valence-electron chi connectivity index (χ0n) is 17.8. The molecule has 0 aliphatic rings. The van der Waals surface area contributed by atoms with Crippen LogP contribution in [0.5, 0.6) is 0 Å². The fourth-order valence-corrected chi connectivity index (χ4v) is 3.31. The molecule has 0 N–H and O–H groups in total. The Bertz CT molecular complexity index is 1010. The molecule has 0 saturated heterocycles. The van der Waals surface area contributed by atoms with E-state index >= 15 is 0 Å². The molecule has 0 aromatic heterocycles. The molecular weight excluding hydrogens is 368 g/mol. The van der Waals surface area contributed by atoms with Crippen molar-refractivity contribution in [1.29, 1.82) is 0 Å². The molecule has 3 aromatic rings. The molecule has 29 heavy (non-hydrogen) atoms. The Balaban J connectivity index is 0.00000145. The number of hydrogen-bond acceptors (Lipinski definition) is 1. The summed E-state index contributed by atoms with van der Waals surface area (Å²) in [7, 11) is 0. The lowest BCUT2D eigenvalue weighted by Gasteiger charge is -2.11. The minimum absolute atomic E-state index is 0.988. The van der Waals surface area contributed by atoms with Crippen LogP contribution >= 0.6 is 12.6 Å². The first-order valence-corrected chi connectivity index (χ1v) is 10.5. The predicted octanol–water partition coefficient (Wildman–Crippen LogP) is 8.54. The summed E-state index contributed by atoms with van der Waals surface area (Å²) in [6.07, 6.45) is 4.14. The third kappa shape index (κ3) is 6.10. The molecule has 148 valence electrons. The van der Waals surface area contributed by atoms with Gasteiger partial charge in [0.05, 0.1) is 0 Å². The topological polar surface area (TPSA) is 0 Å². The molecule has 0 fully saturated rings. The number of benzene rings is 3. The van der Waals surface area contributed by atoms with E-state index < -0.39 is 0 Å². The SMILES string of the molecule is C=C(/C=C(\C=C/S)c1ccc(C)c(-c2ccccc2)c1)c1cccc(C)c1.CC. The van der Waals surface area contributed by atoms with E-state index in [1.54, 1.807) is 5.41 Å². The van der Waals surface area contributed by atoms with Crippen LogP contribution in [0.1, 0.15) is 36.1 Å². The van der Waals surface area contributed by atoms with Gasteiger partial charge in [-0.2, -0.15) is 12.6 Å². The average Bonchev–Trinajstić information content (AvgIpc) is 2.76. The van der Waals surface area contributed by atoms with Crippen LogP contribution in [0.25, 0.3) is 22.3 Å². The smallest absolute Gasteiger partial charge is 0.0149 e. The van der Waals surface area contributed by atoms with Crippen molar-refractivity contribution in [1.82, 2.24) is 0 Å². The Kier molecular flexibility index (Phi) is 8.76. The molecule has 0 spiro atoms. The van der Waals surface area contributed by atoms with Gasteiger partial charge in [0.25, 0.3) is 0 Å². The van der Waals surface area contributed by atoms with Gasteiger partial charge in [0.2, 0.25) is 0 Å². The van der Waals surface area contributed by atoms with Crippen LogP contribution in [0, 0.1) is 13.8 Å². The average molecular weight is 399 g/mol. The fourth-order valence-electron chi connectivity index (χ4n) is 3.15. The van der Waals surface area contributed by atoms with Crippen LogP contribution in [-0.2, 0) is 0 Å². The number of thiol groups is 1. The molecule has 0 aliphatic carbocycles. The quantitative estimate of drug-likeness (QED) is 0.323. The first-order valence-electron chi connectivity index (χ1n) is 10.0. The summed E-state index contributed by atoms with van der Waals surface area (Å²) in [5.74, 6) is 0. The van der Waals surface area contributed by atoms with Gasteiger partial charge in [-0.15, -0.1) is 0 Å². The van der Waals surface area contributed by atoms with Crippen molar-refractivity contribution in [3.63, 3.8) is 0 Å². The summed E-state index contributed by atoms with van der Waals surface area (Å²) in [4.78, 5) is 0. The van der Waals surface area contributed by atoms with Crippen molar-refractivity contribution in [3.05, 3.63) is 119 Å². The van der Waals surface area contributed by atoms with E-state index in [0.29, 0.717) is 0 Å². The highest BCUT2D eigenvalue weighted by Crippen LogP contribution is 2.29. The van der Waals surface area contributed by atoms with Gasteiger partial charge >= 0.3 is 0 Å². The van der Waals surface area contributed by atoms with E-state index in [1.165, 1.54) is 22.3 Å². The van der Waals surface area contributed by atoms with Crippen molar-refractivity contribution in [3.8, 4) is 11.1 Å². The Morgan fingerprint density at radius 2 is 1.55 bits per heavy atom. The summed E-state index contributed by atoms with van der Waals surface area (Å²) in [5.41, 5.74) is 9.33. The lowest BCUT2D eigenvalue weighted by atomic mass is 9.93. The van der Waals surface area contributed by atoms with Gasteiger partial charge in [-0.1, -0.05) is 92.7 Å². The van der Waals surface area contributed by atoms with Gasteiger partial charge in [0.1, 0.15) is 0 Å². The minimum atomic E-state index is 0.988. The second kappa shape index (κ2) is 11.3. The monoisotopic (exact) mass is 398 g/mol. The second-order valence-corrected chi connectivity index (χ2v) is 7.00. The van der Waals surface area contributed by atoms with Gasteiger partial charge < -0.3 is 0 Å². The molecule has 3 rings (SSSR count). The molecule has 0 aliphatic heterocycles. The fraction of sp³-hybridized carbons (Fsp3) is 0.143. The summed E-state index contributed by atoms with van der Waals surface area (Å²) in [5, 5.41) is 1.78. The van der Waals surface area contributed by atoms with Crippen molar-refractivity contribution >= 4 is 23.8 Å². The highest BCUT2D eigenvalue weighted by Gasteiger charge is 2.07. The van der Waals surface area contributed by atoms with Crippen molar-refractivity contribution < 1.29 is 0 Å². The van der Waals surface area contributed by atoms with Crippen LogP contribution in [0.3, 0.4) is 0 Å². The molecule has 0 heterocycles. The van der Waals surface area contributed by atoms with Crippen LogP contribution in [0.2, 0.25) is 0 Å². The molecule has 3 aromatic carbocycles. The van der Waals surface area contributed by atoms with E-state index in [0.717, 1.165) is 22.3 Å². The summed E-state index contributed by atoms with van der Waals surface area (Å²) in [6, 6.07) is 25.5. The third-order valence-electron chi connectivity index (χ3n) is 4.63. The first-order chi connectivity index (χ1) is 14.1. The summed E-state index contributed by atoms with van der Waals surface area (Å²) < 4.78 is 0. The number of allylic oxidation sites excluding steroid dienone is 4. The van der Waals surface area contributed by atoms with Crippen molar-refractivity contribution in [2.24, 2.45) is 0 Å². The lowest BCUT2D eigenvalue weighted by Crippen LogP contribution is -1.89. The molecule has 0 saturated carbocycles.